The van der Waals surface area contributed by atoms with Crippen LogP contribution in [0.25, 0.3) is 22.3 Å². The summed E-state index contributed by atoms with van der Waals surface area (Å²) in [6, 6.07) is 16.5. The van der Waals surface area contributed by atoms with E-state index in [0.717, 1.165) is 94.3 Å². The molecule has 2 aromatic carbocycles. The fraction of sp³-hybridized carbons (Fsp3) is 0.378. The van der Waals surface area contributed by atoms with Crippen LogP contribution in [0, 0.1) is 13.8 Å². The number of imidazole rings is 1. The van der Waals surface area contributed by atoms with Crippen molar-refractivity contribution in [2.45, 2.75) is 72.6 Å². The van der Waals surface area contributed by atoms with Crippen LogP contribution in [0.2, 0.25) is 0 Å². The van der Waals surface area contributed by atoms with Gasteiger partial charge in [-0.2, -0.15) is 0 Å². The van der Waals surface area contributed by atoms with E-state index in [4.69, 9.17) is 28.9 Å². The zero-order valence-corrected chi connectivity index (χ0v) is 26.9. The Morgan fingerprint density at radius 2 is 1.87 bits per heavy atom. The fourth-order valence-electron chi connectivity index (χ4n) is 6.03. The molecule has 4 bridgehead atoms. The third-order valence-electron chi connectivity index (χ3n) is 8.43. The van der Waals surface area contributed by atoms with Crippen LogP contribution in [0.3, 0.4) is 0 Å². The summed E-state index contributed by atoms with van der Waals surface area (Å²) in [4.78, 5) is 14.4. The molecule has 1 unspecified atom stereocenters. The first kappa shape index (κ1) is 30.6. The number of methoxy groups -OCH3 is 1. The second-order valence-corrected chi connectivity index (χ2v) is 11.5. The number of hydrogen-bond acceptors (Lipinski definition) is 7. The van der Waals surface area contributed by atoms with Crippen molar-refractivity contribution in [3.8, 4) is 28.6 Å². The molecule has 0 saturated carbocycles. The lowest BCUT2D eigenvalue weighted by atomic mass is 9.99. The zero-order chi connectivity index (χ0) is 31.3. The summed E-state index contributed by atoms with van der Waals surface area (Å²) in [6.45, 7) is 10.8. The standard InChI is InChI=1S/C35H36N4O4.C2H6.H2/c1-22-14-30-35(32(15-22)40-3)38-33(39(30)20-27-10-13-41-27)17-26-16-23(2)28-18-31(26)42-12-5-6-24-19-36-11-9-25(24)21-43-34-8-4-7-29(28)37-34;1-2;/h4,7-9,11,14-16,18-19,27H,5-6,10,12-13,17,20-21H2,1-3H3;1-2H3;1H. The summed E-state index contributed by atoms with van der Waals surface area (Å²) in [6.07, 6.45) is 7.31. The fourth-order valence-corrected chi connectivity index (χ4v) is 6.03. The maximum atomic E-state index is 6.56. The predicted octanol–water partition coefficient (Wildman–Crippen LogP) is 7.67. The monoisotopic (exact) mass is 608 g/mol. The van der Waals surface area contributed by atoms with Gasteiger partial charge in [0, 0.05) is 44.0 Å². The van der Waals surface area contributed by atoms with E-state index >= 15 is 0 Å². The van der Waals surface area contributed by atoms with Gasteiger partial charge in [0.2, 0.25) is 5.88 Å². The van der Waals surface area contributed by atoms with E-state index in [-0.39, 0.29) is 7.53 Å². The Morgan fingerprint density at radius 3 is 2.67 bits per heavy atom. The highest BCUT2D eigenvalue weighted by Gasteiger charge is 2.24. The molecule has 5 aromatic rings. The number of hydrogen-bond donors (Lipinski definition) is 0. The Labute approximate surface area is 266 Å². The van der Waals surface area contributed by atoms with Gasteiger partial charge in [-0.05, 0) is 85.7 Å². The Balaban J connectivity index is 0.00000136. The molecule has 0 aliphatic carbocycles. The first-order valence-electron chi connectivity index (χ1n) is 16.0. The summed E-state index contributed by atoms with van der Waals surface area (Å²) in [7, 11) is 1.71. The highest BCUT2D eigenvalue weighted by atomic mass is 16.5. The Bertz CT molecular complexity index is 1800. The normalized spacial score (nSPS) is 15.8. The van der Waals surface area contributed by atoms with Crippen molar-refractivity contribution in [3.05, 3.63) is 94.6 Å². The summed E-state index contributed by atoms with van der Waals surface area (Å²) >= 11 is 0. The Hall–Kier alpha value is -4.43. The average molecular weight is 609 g/mol. The molecule has 2 aliphatic rings. The van der Waals surface area contributed by atoms with Crippen molar-refractivity contribution < 1.29 is 20.4 Å². The molecule has 0 spiro atoms. The third-order valence-corrected chi connectivity index (χ3v) is 8.43. The van der Waals surface area contributed by atoms with E-state index in [0.29, 0.717) is 25.5 Å². The molecule has 0 N–H and O–H groups in total. The molecule has 236 valence electrons. The Morgan fingerprint density at radius 1 is 1.00 bits per heavy atom. The van der Waals surface area contributed by atoms with E-state index in [9.17, 15) is 0 Å². The quantitative estimate of drug-likeness (QED) is 0.203. The predicted molar refractivity (Wildman–Crippen MR) is 178 cm³/mol. The highest BCUT2D eigenvalue weighted by molar-refractivity contribution is 5.83. The van der Waals surface area contributed by atoms with Crippen LogP contribution in [0.4, 0.5) is 0 Å². The second kappa shape index (κ2) is 13.7. The van der Waals surface area contributed by atoms with E-state index in [1.54, 1.807) is 7.11 Å². The topological polar surface area (TPSA) is 80.5 Å². The van der Waals surface area contributed by atoms with E-state index < -0.39 is 0 Å². The molecule has 1 atom stereocenters. The number of benzene rings is 2. The minimum absolute atomic E-state index is 0. The molecule has 1 fully saturated rings. The molecule has 7 rings (SSSR count). The van der Waals surface area contributed by atoms with Crippen molar-refractivity contribution in [1.29, 1.82) is 0 Å². The molecule has 2 aliphatic heterocycles. The second-order valence-electron chi connectivity index (χ2n) is 11.5. The number of pyridine rings is 2. The lowest BCUT2D eigenvalue weighted by molar-refractivity contribution is -0.0589. The molecule has 8 heteroatoms. The molecule has 8 nitrogen and oxygen atoms in total. The number of aromatic nitrogens is 4. The summed E-state index contributed by atoms with van der Waals surface area (Å²) < 4.78 is 26.6. The molecule has 3 aromatic heterocycles. The van der Waals surface area contributed by atoms with E-state index in [1.807, 2.05) is 56.6 Å². The summed E-state index contributed by atoms with van der Waals surface area (Å²) in [5.41, 5.74) is 9.46. The lowest BCUT2D eigenvalue weighted by Crippen LogP contribution is -2.31. The van der Waals surface area contributed by atoms with E-state index in [1.165, 1.54) is 5.56 Å². The van der Waals surface area contributed by atoms with Crippen molar-refractivity contribution in [2.24, 2.45) is 0 Å². The number of ether oxygens (including phenoxy) is 4. The van der Waals surface area contributed by atoms with Gasteiger partial charge in [0.05, 0.1) is 37.6 Å². The number of rotatable bonds is 5. The molecule has 5 heterocycles. The third kappa shape index (κ3) is 6.52. The Kier molecular flexibility index (Phi) is 9.31. The van der Waals surface area contributed by atoms with Crippen LogP contribution < -0.4 is 14.2 Å². The minimum Gasteiger partial charge on any atom is -0.494 e. The lowest BCUT2D eigenvalue weighted by Gasteiger charge is -2.27. The van der Waals surface area contributed by atoms with Gasteiger partial charge in [-0.1, -0.05) is 26.0 Å². The van der Waals surface area contributed by atoms with Crippen LogP contribution in [0.1, 0.15) is 61.8 Å². The largest absolute Gasteiger partial charge is 0.494 e. The van der Waals surface area contributed by atoms with Gasteiger partial charge in [0.15, 0.2) is 0 Å². The molecular formula is C37H44N4O4. The van der Waals surface area contributed by atoms with Crippen molar-refractivity contribution >= 4 is 11.0 Å². The smallest absolute Gasteiger partial charge is 0.214 e. The summed E-state index contributed by atoms with van der Waals surface area (Å²) in [5.74, 6) is 3.20. The SMILES string of the molecule is CC.COc1cc(C)cc2c1nc(Cc1cc(C)c3cc1OCCCc1cnccc1COc1cccc-3n1)n2CC1CCO1.[HH]. The van der Waals surface area contributed by atoms with E-state index in [2.05, 4.69) is 41.6 Å². The van der Waals surface area contributed by atoms with Crippen LogP contribution in [0.5, 0.6) is 17.4 Å². The molecule has 0 radical (unpaired) electrons. The van der Waals surface area contributed by atoms with Gasteiger partial charge in [0.25, 0.3) is 0 Å². The van der Waals surface area contributed by atoms with Gasteiger partial charge in [-0.15, -0.1) is 0 Å². The van der Waals surface area contributed by atoms with Crippen LogP contribution >= 0.6 is 0 Å². The van der Waals surface area contributed by atoms with Crippen molar-refractivity contribution in [2.75, 3.05) is 20.3 Å². The minimum atomic E-state index is 0. The maximum Gasteiger partial charge on any atom is 0.214 e. The number of fused-ring (bicyclic) bond motifs is 7. The van der Waals surface area contributed by atoms with Gasteiger partial charge in [0.1, 0.15) is 29.4 Å². The maximum absolute atomic E-state index is 6.56. The van der Waals surface area contributed by atoms with Gasteiger partial charge < -0.3 is 23.5 Å². The van der Waals surface area contributed by atoms with Crippen molar-refractivity contribution in [1.82, 2.24) is 19.5 Å². The summed E-state index contributed by atoms with van der Waals surface area (Å²) in [5, 5.41) is 0. The number of nitrogens with zero attached hydrogens (tertiary/aromatic N) is 4. The van der Waals surface area contributed by atoms with Gasteiger partial charge >= 0.3 is 0 Å². The first-order chi connectivity index (χ1) is 22.1. The molecular weight excluding hydrogens is 564 g/mol. The zero-order valence-electron chi connectivity index (χ0n) is 26.9. The van der Waals surface area contributed by atoms with Crippen LogP contribution in [-0.2, 0) is 30.7 Å². The highest BCUT2D eigenvalue weighted by Crippen LogP contribution is 2.35. The van der Waals surface area contributed by atoms with Crippen LogP contribution in [-0.4, -0.2) is 45.9 Å². The van der Waals surface area contributed by atoms with Crippen LogP contribution in [0.15, 0.2) is 60.9 Å². The molecule has 0 amide bonds. The first-order valence-corrected chi connectivity index (χ1v) is 16.0. The molecule has 45 heavy (non-hydrogen) atoms. The molecule has 1 saturated heterocycles. The van der Waals surface area contributed by atoms with Gasteiger partial charge in [-0.3, -0.25) is 4.98 Å². The number of aryl methyl sites for hydroxylation is 3. The van der Waals surface area contributed by atoms with Crippen molar-refractivity contribution in [3.63, 3.8) is 0 Å². The van der Waals surface area contributed by atoms with Gasteiger partial charge in [-0.25, -0.2) is 9.97 Å². The average Bonchev–Trinajstić information content (AvgIpc) is 3.37.